The lowest BCUT2D eigenvalue weighted by Crippen LogP contribution is -2.51. The van der Waals surface area contributed by atoms with Crippen LogP contribution in [0.25, 0.3) is 0 Å². The summed E-state index contributed by atoms with van der Waals surface area (Å²) in [6.45, 7) is 0.700. The fraction of sp³-hybridized carbons (Fsp3) is 0.333. The van der Waals surface area contributed by atoms with Crippen molar-refractivity contribution in [3.05, 3.63) is 34.2 Å². The maximum Gasteiger partial charge on any atom is 0.323 e. The molecule has 2 heterocycles. The van der Waals surface area contributed by atoms with Crippen molar-refractivity contribution in [2.75, 3.05) is 37.8 Å². The van der Waals surface area contributed by atoms with Crippen LogP contribution in [0.4, 0.5) is 20.7 Å². The number of benzene rings is 1. The molecule has 1 aliphatic rings. The number of piperazine rings is 1. The largest absolute Gasteiger partial charge is 0.323 e. The van der Waals surface area contributed by atoms with Gasteiger partial charge in [-0.15, -0.1) is 0 Å². The first-order valence-corrected chi connectivity index (χ1v) is 11.1. The van der Waals surface area contributed by atoms with E-state index in [2.05, 4.69) is 41.2 Å². The number of hydrogen-bond donors (Lipinski definition) is 3. The summed E-state index contributed by atoms with van der Waals surface area (Å²) < 4.78 is 42.6. The number of hydrogen-bond acceptors (Lipinski definition) is 8. The van der Waals surface area contributed by atoms with Gasteiger partial charge in [0, 0.05) is 26.2 Å². The molecule has 1 aromatic heterocycles. The van der Waals surface area contributed by atoms with Gasteiger partial charge in [-0.2, -0.15) is 4.31 Å². The van der Waals surface area contributed by atoms with Crippen molar-refractivity contribution < 1.29 is 27.4 Å². The van der Waals surface area contributed by atoms with Crippen molar-refractivity contribution >= 4 is 49.3 Å². The summed E-state index contributed by atoms with van der Waals surface area (Å²) in [5.41, 5.74) is 2.02. The molecule has 0 saturated carbocycles. The fourth-order valence-electron chi connectivity index (χ4n) is 2.64. The van der Waals surface area contributed by atoms with E-state index in [1.54, 1.807) is 0 Å². The number of sulfonamides is 1. The molecule has 15 heteroatoms. The first-order chi connectivity index (χ1) is 14.2. The molecule has 1 aromatic carbocycles. The average Bonchev–Trinajstić information content (AvgIpc) is 3.16. The van der Waals surface area contributed by atoms with Gasteiger partial charge >= 0.3 is 6.03 Å². The van der Waals surface area contributed by atoms with E-state index in [-0.39, 0.29) is 53.7 Å². The lowest BCUT2D eigenvalue weighted by molar-refractivity contribution is 0.184. The molecular formula is C15H17BrFN7O5S. The highest BCUT2D eigenvalue weighted by Gasteiger charge is 2.27. The van der Waals surface area contributed by atoms with Crippen molar-refractivity contribution in [1.29, 1.82) is 0 Å². The van der Waals surface area contributed by atoms with E-state index in [1.807, 2.05) is 5.48 Å². The third-order valence-corrected chi connectivity index (χ3v) is 6.09. The minimum Gasteiger partial charge on any atom is -0.322 e. The predicted molar refractivity (Wildman–Crippen MR) is 107 cm³/mol. The number of amidine groups is 1. The van der Waals surface area contributed by atoms with Gasteiger partial charge in [0.05, 0.1) is 16.4 Å². The van der Waals surface area contributed by atoms with Gasteiger partial charge in [0.1, 0.15) is 5.82 Å². The fourth-order valence-corrected chi connectivity index (χ4v) is 3.84. The maximum absolute atomic E-state index is 13.4. The number of amides is 2. The van der Waals surface area contributed by atoms with Crippen LogP contribution >= 0.6 is 15.9 Å². The molecule has 0 atom stereocenters. The van der Waals surface area contributed by atoms with Crippen molar-refractivity contribution in [2.24, 2.45) is 4.99 Å². The summed E-state index contributed by atoms with van der Waals surface area (Å²) in [6, 6.07) is 3.36. The second-order valence-electron chi connectivity index (χ2n) is 6.21. The smallest absolute Gasteiger partial charge is 0.322 e. The van der Waals surface area contributed by atoms with Crippen LogP contribution in [0.5, 0.6) is 0 Å². The van der Waals surface area contributed by atoms with E-state index in [1.165, 1.54) is 27.4 Å². The normalized spacial score (nSPS) is 15.9. The van der Waals surface area contributed by atoms with Gasteiger partial charge in [0.25, 0.3) is 0 Å². The summed E-state index contributed by atoms with van der Waals surface area (Å²) in [6.07, 6.45) is 1.11. The third kappa shape index (κ3) is 5.10. The van der Waals surface area contributed by atoms with Crippen LogP contribution < -0.4 is 10.8 Å². The highest BCUT2D eigenvalue weighted by atomic mass is 79.9. The Hall–Kier alpha value is -2.62. The Morgan fingerprint density at radius 3 is 2.60 bits per heavy atom. The van der Waals surface area contributed by atoms with Crippen molar-refractivity contribution in [1.82, 2.24) is 25.0 Å². The molecule has 0 bridgehead atoms. The lowest BCUT2D eigenvalue weighted by atomic mass is 10.3. The summed E-state index contributed by atoms with van der Waals surface area (Å²) in [7, 11) is -3.32. The van der Waals surface area contributed by atoms with Crippen LogP contribution in [-0.4, -0.2) is 77.4 Å². The molecule has 3 rings (SSSR count). The van der Waals surface area contributed by atoms with Crippen LogP contribution in [0.15, 0.2) is 32.3 Å². The number of rotatable bonds is 4. The molecule has 30 heavy (non-hydrogen) atoms. The quantitative estimate of drug-likeness (QED) is 0.317. The zero-order chi connectivity index (χ0) is 21.9. The SMILES string of the molecule is CS(=O)(=O)N1CCN(C(=O)Nc2nonc2C(=Nc2ccc(F)c(Br)c2)NO)CC1. The first-order valence-electron chi connectivity index (χ1n) is 8.47. The Labute approximate surface area is 178 Å². The molecule has 3 N–H and O–H groups in total. The number of halogens is 2. The van der Waals surface area contributed by atoms with Gasteiger partial charge in [-0.1, -0.05) is 0 Å². The number of urea groups is 1. The molecule has 12 nitrogen and oxygen atoms in total. The van der Waals surface area contributed by atoms with Gasteiger partial charge in [-0.3, -0.25) is 16.0 Å². The topological polar surface area (TPSA) is 153 Å². The molecule has 1 saturated heterocycles. The number of nitrogens with zero attached hydrogens (tertiary/aromatic N) is 5. The van der Waals surface area contributed by atoms with Gasteiger partial charge < -0.3 is 4.90 Å². The molecule has 2 amide bonds. The second-order valence-corrected chi connectivity index (χ2v) is 9.05. The molecule has 2 aromatic rings. The summed E-state index contributed by atoms with van der Waals surface area (Å²) in [5, 5.41) is 19.1. The minimum atomic E-state index is -3.32. The van der Waals surface area contributed by atoms with E-state index >= 15 is 0 Å². The van der Waals surface area contributed by atoms with E-state index in [0.717, 1.165) is 6.26 Å². The Kier molecular flexibility index (Phi) is 6.64. The maximum atomic E-state index is 13.4. The molecule has 0 aliphatic carbocycles. The highest BCUT2D eigenvalue weighted by Crippen LogP contribution is 2.23. The molecular weight excluding hydrogens is 489 g/mol. The molecule has 1 fully saturated rings. The zero-order valence-electron chi connectivity index (χ0n) is 15.5. The van der Waals surface area contributed by atoms with Crippen molar-refractivity contribution in [3.63, 3.8) is 0 Å². The van der Waals surface area contributed by atoms with Crippen LogP contribution in [-0.2, 0) is 10.0 Å². The molecule has 0 radical (unpaired) electrons. The second kappa shape index (κ2) is 9.03. The van der Waals surface area contributed by atoms with Gasteiger partial charge in [-0.25, -0.2) is 27.2 Å². The first kappa shape index (κ1) is 22.1. The molecule has 0 spiro atoms. The number of carbonyl (C=O) groups excluding carboxylic acids is 1. The van der Waals surface area contributed by atoms with Gasteiger partial charge in [-0.05, 0) is 44.4 Å². The minimum absolute atomic E-state index is 0.0962. The van der Waals surface area contributed by atoms with E-state index in [0.29, 0.717) is 0 Å². The van der Waals surface area contributed by atoms with Crippen LogP contribution in [0.2, 0.25) is 0 Å². The van der Waals surface area contributed by atoms with Crippen molar-refractivity contribution in [3.8, 4) is 0 Å². The standard InChI is InChI=1S/C15H17BrFN7O5S/c1-30(27,28)24-6-4-23(5-7-24)15(25)19-14-12(21-29-22-14)13(20-26)18-9-2-3-11(17)10(16)8-9/h2-3,8,26H,4-7H2,1H3,(H,18,20)(H,19,22,25). The average molecular weight is 506 g/mol. The highest BCUT2D eigenvalue weighted by molar-refractivity contribution is 9.10. The summed E-state index contributed by atoms with van der Waals surface area (Å²) in [5.74, 6) is -0.807. The lowest BCUT2D eigenvalue weighted by Gasteiger charge is -2.32. The Balaban J connectivity index is 1.73. The number of aliphatic imine (C=N–C) groups is 1. The van der Waals surface area contributed by atoms with E-state index in [9.17, 15) is 22.8 Å². The monoisotopic (exact) mass is 505 g/mol. The zero-order valence-corrected chi connectivity index (χ0v) is 17.9. The molecule has 0 unspecified atom stereocenters. The van der Waals surface area contributed by atoms with Crippen LogP contribution in [0, 0.1) is 5.82 Å². The summed E-state index contributed by atoms with van der Waals surface area (Å²) in [4.78, 5) is 18.0. The van der Waals surface area contributed by atoms with Gasteiger partial charge in [0.2, 0.25) is 15.8 Å². The summed E-state index contributed by atoms with van der Waals surface area (Å²) >= 11 is 3.04. The Bertz CT molecular complexity index is 1070. The Morgan fingerprint density at radius 2 is 2.00 bits per heavy atom. The number of aromatic nitrogens is 2. The Morgan fingerprint density at radius 1 is 1.30 bits per heavy atom. The molecule has 162 valence electrons. The number of nitrogens with one attached hydrogen (secondary N) is 2. The number of hydroxylamine groups is 1. The van der Waals surface area contributed by atoms with E-state index < -0.39 is 21.9 Å². The van der Waals surface area contributed by atoms with Crippen LogP contribution in [0.3, 0.4) is 0 Å². The number of carbonyl (C=O) groups is 1. The van der Waals surface area contributed by atoms with Crippen molar-refractivity contribution in [2.45, 2.75) is 0 Å². The van der Waals surface area contributed by atoms with E-state index in [4.69, 9.17) is 0 Å². The molecule has 1 aliphatic heterocycles. The predicted octanol–water partition coefficient (Wildman–Crippen LogP) is 1.14. The van der Waals surface area contributed by atoms with Gasteiger partial charge in [0.15, 0.2) is 11.5 Å². The van der Waals surface area contributed by atoms with Crippen LogP contribution in [0.1, 0.15) is 5.69 Å². The third-order valence-electron chi connectivity index (χ3n) is 4.18. The number of anilines is 1.